The Kier molecular flexibility index (Phi) is 3.36. The summed E-state index contributed by atoms with van der Waals surface area (Å²) in [7, 11) is 0. The molecule has 16 heavy (non-hydrogen) atoms. The van der Waals surface area contributed by atoms with Gasteiger partial charge in [-0.15, -0.1) is 0 Å². The third kappa shape index (κ3) is 2.31. The van der Waals surface area contributed by atoms with E-state index in [-0.39, 0.29) is 5.84 Å². The van der Waals surface area contributed by atoms with Gasteiger partial charge in [-0.2, -0.15) is 0 Å². The molecule has 0 aliphatic carbocycles. The fourth-order valence-electron chi connectivity index (χ4n) is 1.20. The number of halogens is 1. The van der Waals surface area contributed by atoms with Gasteiger partial charge in [-0.25, -0.2) is 9.79 Å². The van der Waals surface area contributed by atoms with E-state index in [4.69, 9.17) is 16.3 Å². The minimum atomic E-state index is -0.449. The van der Waals surface area contributed by atoms with E-state index in [0.29, 0.717) is 11.6 Å². The molecule has 0 fully saturated rings. The fraction of sp³-hybridized carbons (Fsp3) is 0.200. The number of ether oxygens (including phenoxy) is 1. The highest BCUT2D eigenvalue weighted by molar-refractivity contribution is 7.98. The smallest absolute Gasteiger partial charge is 0.374 e. The predicted molar refractivity (Wildman–Crippen MR) is 64.2 cm³/mol. The van der Waals surface area contributed by atoms with E-state index in [1.165, 1.54) is 11.9 Å². The number of rotatable bonds is 2. The largest absolute Gasteiger partial charge is 0.460 e. The topological polar surface area (TPSA) is 50.7 Å². The van der Waals surface area contributed by atoms with Crippen LogP contribution in [-0.4, -0.2) is 18.4 Å². The summed E-state index contributed by atoms with van der Waals surface area (Å²) in [4.78, 5) is 16.5. The SMILES string of the molecule is CCOC(=O)C1=Nc2ccc(Cl)cc2SN1. The Hall–Kier alpha value is -1.20. The number of fused-ring (bicyclic) bond motifs is 1. The number of esters is 1. The Bertz CT molecular complexity index is 462. The number of amidine groups is 1. The van der Waals surface area contributed by atoms with Gasteiger partial charge in [0.05, 0.1) is 17.2 Å². The number of carbonyl (C=O) groups is 1. The molecular weight excluding hydrogens is 248 g/mol. The fourth-order valence-corrected chi connectivity index (χ4v) is 2.17. The van der Waals surface area contributed by atoms with Crippen molar-refractivity contribution in [3.8, 4) is 0 Å². The molecule has 84 valence electrons. The van der Waals surface area contributed by atoms with E-state index in [9.17, 15) is 4.79 Å². The van der Waals surface area contributed by atoms with Gasteiger partial charge in [0.1, 0.15) is 0 Å². The van der Waals surface area contributed by atoms with Crippen LogP contribution >= 0.6 is 23.5 Å². The van der Waals surface area contributed by atoms with E-state index in [0.717, 1.165) is 10.6 Å². The number of nitrogens with one attached hydrogen (secondary N) is 1. The van der Waals surface area contributed by atoms with Crippen LogP contribution in [0.25, 0.3) is 0 Å². The molecule has 0 saturated carbocycles. The minimum absolute atomic E-state index is 0.210. The van der Waals surface area contributed by atoms with Gasteiger partial charge in [-0.05, 0) is 37.1 Å². The molecule has 0 bridgehead atoms. The minimum Gasteiger partial charge on any atom is -0.460 e. The first-order chi connectivity index (χ1) is 7.70. The zero-order valence-corrected chi connectivity index (χ0v) is 10.1. The Morgan fingerprint density at radius 3 is 3.19 bits per heavy atom. The molecule has 0 amide bonds. The van der Waals surface area contributed by atoms with Crippen LogP contribution in [0.4, 0.5) is 5.69 Å². The van der Waals surface area contributed by atoms with Gasteiger partial charge >= 0.3 is 5.97 Å². The number of hydrogen-bond donors (Lipinski definition) is 1. The zero-order chi connectivity index (χ0) is 11.5. The van der Waals surface area contributed by atoms with Crippen molar-refractivity contribution in [2.45, 2.75) is 11.8 Å². The summed E-state index contributed by atoms with van der Waals surface area (Å²) in [5, 5.41) is 0.642. The lowest BCUT2D eigenvalue weighted by atomic mass is 10.3. The van der Waals surface area contributed by atoms with Crippen molar-refractivity contribution in [2.24, 2.45) is 4.99 Å². The zero-order valence-electron chi connectivity index (χ0n) is 8.49. The summed E-state index contributed by atoms with van der Waals surface area (Å²) in [5.74, 6) is -0.239. The average Bonchev–Trinajstić information content (AvgIpc) is 2.28. The molecule has 1 aliphatic rings. The van der Waals surface area contributed by atoms with Crippen LogP contribution in [0, 0.1) is 0 Å². The highest BCUT2D eigenvalue weighted by Crippen LogP contribution is 2.33. The Labute approximate surface area is 102 Å². The molecule has 1 aliphatic heterocycles. The van der Waals surface area contributed by atoms with E-state index in [2.05, 4.69) is 9.71 Å². The number of aliphatic imine (C=N–C) groups is 1. The summed E-state index contributed by atoms with van der Waals surface area (Å²) in [5.41, 5.74) is 0.719. The van der Waals surface area contributed by atoms with E-state index in [1.54, 1.807) is 25.1 Å². The molecule has 1 aromatic carbocycles. The van der Waals surface area contributed by atoms with Crippen LogP contribution in [0.3, 0.4) is 0 Å². The maximum absolute atomic E-state index is 11.4. The standard InChI is InChI=1S/C10H9ClN2O2S/c1-2-15-10(14)9-12-7-4-3-6(11)5-8(7)16-13-9/h3-5H,2H2,1H3,(H,12,13). The summed E-state index contributed by atoms with van der Waals surface area (Å²) in [6, 6.07) is 5.29. The Morgan fingerprint density at radius 1 is 1.62 bits per heavy atom. The maximum atomic E-state index is 11.4. The van der Waals surface area contributed by atoms with Gasteiger partial charge in [0.15, 0.2) is 0 Å². The second-order valence-corrected chi connectivity index (χ2v) is 4.28. The van der Waals surface area contributed by atoms with Crippen LogP contribution in [0.2, 0.25) is 5.02 Å². The molecule has 0 aromatic heterocycles. The van der Waals surface area contributed by atoms with Gasteiger partial charge < -0.3 is 9.46 Å². The van der Waals surface area contributed by atoms with Crippen molar-refractivity contribution in [3.05, 3.63) is 23.2 Å². The van der Waals surface area contributed by atoms with Crippen LogP contribution in [0.5, 0.6) is 0 Å². The molecule has 0 atom stereocenters. The van der Waals surface area contributed by atoms with E-state index >= 15 is 0 Å². The molecule has 0 spiro atoms. The second-order valence-electron chi connectivity index (χ2n) is 3.00. The number of carbonyl (C=O) groups excluding carboxylic acids is 1. The van der Waals surface area contributed by atoms with Crippen molar-refractivity contribution in [1.82, 2.24) is 4.72 Å². The molecule has 2 rings (SSSR count). The third-order valence-corrected chi connectivity index (χ3v) is 2.96. The van der Waals surface area contributed by atoms with Crippen molar-refractivity contribution >= 4 is 41.0 Å². The highest BCUT2D eigenvalue weighted by atomic mass is 35.5. The van der Waals surface area contributed by atoms with E-state index in [1.807, 2.05) is 0 Å². The molecule has 6 heteroatoms. The van der Waals surface area contributed by atoms with Crippen molar-refractivity contribution in [2.75, 3.05) is 6.61 Å². The van der Waals surface area contributed by atoms with Gasteiger partial charge in [0.25, 0.3) is 0 Å². The average molecular weight is 257 g/mol. The van der Waals surface area contributed by atoms with Crippen molar-refractivity contribution in [3.63, 3.8) is 0 Å². The first-order valence-electron chi connectivity index (χ1n) is 4.69. The number of nitrogens with zero attached hydrogens (tertiary/aromatic N) is 1. The van der Waals surface area contributed by atoms with Gasteiger partial charge in [0.2, 0.25) is 5.84 Å². The first-order valence-corrected chi connectivity index (χ1v) is 5.88. The van der Waals surface area contributed by atoms with Crippen LogP contribution in [-0.2, 0) is 9.53 Å². The lowest BCUT2D eigenvalue weighted by Crippen LogP contribution is -2.29. The molecule has 0 unspecified atom stereocenters. The molecule has 0 saturated heterocycles. The highest BCUT2D eigenvalue weighted by Gasteiger charge is 2.19. The quantitative estimate of drug-likeness (QED) is 0.653. The lowest BCUT2D eigenvalue weighted by molar-refractivity contribution is -0.135. The predicted octanol–water partition coefficient (Wildman–Crippen LogP) is 2.54. The number of benzene rings is 1. The molecule has 1 aromatic rings. The van der Waals surface area contributed by atoms with Gasteiger partial charge in [-0.1, -0.05) is 11.6 Å². The monoisotopic (exact) mass is 256 g/mol. The summed E-state index contributed by atoms with van der Waals surface area (Å²) >= 11 is 7.14. The maximum Gasteiger partial charge on any atom is 0.374 e. The van der Waals surface area contributed by atoms with Crippen molar-refractivity contribution < 1.29 is 9.53 Å². The second kappa shape index (κ2) is 4.76. The molecule has 1 heterocycles. The molecular formula is C10H9ClN2O2S. The van der Waals surface area contributed by atoms with E-state index < -0.39 is 5.97 Å². The van der Waals surface area contributed by atoms with Crippen LogP contribution in [0.15, 0.2) is 28.1 Å². The molecule has 1 N–H and O–H groups in total. The molecule has 0 radical (unpaired) electrons. The summed E-state index contributed by atoms with van der Waals surface area (Å²) in [6.07, 6.45) is 0. The molecule has 4 nitrogen and oxygen atoms in total. The van der Waals surface area contributed by atoms with Crippen molar-refractivity contribution in [1.29, 1.82) is 0 Å². The Balaban J connectivity index is 2.28. The normalized spacial score (nSPS) is 13.5. The lowest BCUT2D eigenvalue weighted by Gasteiger charge is -2.15. The van der Waals surface area contributed by atoms with Gasteiger partial charge in [-0.3, -0.25) is 0 Å². The third-order valence-electron chi connectivity index (χ3n) is 1.88. The van der Waals surface area contributed by atoms with Crippen LogP contribution < -0.4 is 4.72 Å². The number of hydrogen-bond acceptors (Lipinski definition) is 5. The first kappa shape index (κ1) is 11.3. The summed E-state index contributed by atoms with van der Waals surface area (Å²) < 4.78 is 7.67. The van der Waals surface area contributed by atoms with Crippen LogP contribution in [0.1, 0.15) is 6.92 Å². The Morgan fingerprint density at radius 2 is 2.44 bits per heavy atom. The summed E-state index contributed by atoms with van der Waals surface area (Å²) in [6.45, 7) is 2.08. The van der Waals surface area contributed by atoms with Gasteiger partial charge in [0, 0.05) is 5.02 Å².